The summed E-state index contributed by atoms with van der Waals surface area (Å²) in [5.74, 6) is -1.10. The molecule has 12 heteroatoms. The Hall–Kier alpha value is -2.16. The first-order chi connectivity index (χ1) is 19.7. The van der Waals surface area contributed by atoms with Gasteiger partial charge in [-0.1, -0.05) is 30.3 Å². The van der Waals surface area contributed by atoms with Gasteiger partial charge in [0.15, 0.2) is 0 Å². The molecule has 0 spiro atoms. The number of rotatable bonds is 30. The standard InChI is InChI=1S/C28H46O12/c29-27(30)8-10-33-12-14-35-16-18-37-20-22-39-24-23-38-21-19-36-17-15-34-13-11-32-9-4-7-28(31)40-25-26-5-2-1-3-6-26/h1-3,5-6H,4,7-25H2,(H,29,30). The van der Waals surface area contributed by atoms with Crippen LogP contribution in [0.4, 0.5) is 0 Å². The molecule has 0 aliphatic rings. The first-order valence-electron chi connectivity index (χ1n) is 13.7. The molecular weight excluding hydrogens is 528 g/mol. The highest BCUT2D eigenvalue weighted by Gasteiger charge is 2.03. The number of hydrogen-bond acceptors (Lipinski definition) is 11. The number of esters is 1. The van der Waals surface area contributed by atoms with Crippen molar-refractivity contribution in [3.63, 3.8) is 0 Å². The van der Waals surface area contributed by atoms with Gasteiger partial charge in [-0.2, -0.15) is 0 Å². The van der Waals surface area contributed by atoms with E-state index in [9.17, 15) is 9.59 Å². The minimum atomic E-state index is -0.876. The van der Waals surface area contributed by atoms with E-state index >= 15 is 0 Å². The van der Waals surface area contributed by atoms with Gasteiger partial charge in [-0.25, -0.2) is 0 Å². The van der Waals surface area contributed by atoms with Gasteiger partial charge in [-0.3, -0.25) is 9.59 Å². The lowest BCUT2D eigenvalue weighted by Gasteiger charge is -2.08. The lowest BCUT2D eigenvalue weighted by Crippen LogP contribution is -2.15. The third-order valence-corrected chi connectivity index (χ3v) is 4.98. The highest BCUT2D eigenvalue weighted by atomic mass is 16.6. The van der Waals surface area contributed by atoms with Crippen LogP contribution in [0.1, 0.15) is 24.8 Å². The zero-order valence-electron chi connectivity index (χ0n) is 23.5. The van der Waals surface area contributed by atoms with Crippen molar-refractivity contribution in [1.82, 2.24) is 0 Å². The molecule has 12 nitrogen and oxygen atoms in total. The molecule has 0 unspecified atom stereocenters. The maximum absolute atomic E-state index is 11.7. The Morgan fingerprint density at radius 1 is 0.500 bits per heavy atom. The van der Waals surface area contributed by atoms with Crippen LogP contribution in [0.2, 0.25) is 0 Å². The minimum absolute atomic E-state index is 0.00384. The number of carboxylic acids is 1. The van der Waals surface area contributed by atoms with Gasteiger partial charge < -0.3 is 47.7 Å². The van der Waals surface area contributed by atoms with Gasteiger partial charge in [0.05, 0.1) is 106 Å². The van der Waals surface area contributed by atoms with Gasteiger partial charge in [0.2, 0.25) is 0 Å². The van der Waals surface area contributed by atoms with E-state index in [1.54, 1.807) is 0 Å². The molecule has 0 aromatic heterocycles. The van der Waals surface area contributed by atoms with Gasteiger partial charge in [-0.15, -0.1) is 0 Å². The molecule has 0 amide bonds. The molecule has 0 fully saturated rings. The number of benzene rings is 1. The van der Waals surface area contributed by atoms with Crippen molar-refractivity contribution < 1.29 is 57.3 Å². The molecule has 0 aliphatic heterocycles. The second kappa shape index (κ2) is 28.4. The van der Waals surface area contributed by atoms with Crippen molar-refractivity contribution in [3.8, 4) is 0 Å². The Labute approximate surface area is 237 Å². The van der Waals surface area contributed by atoms with Gasteiger partial charge in [0, 0.05) is 13.0 Å². The number of hydrogen-bond donors (Lipinski definition) is 1. The van der Waals surface area contributed by atoms with Gasteiger partial charge in [-0.05, 0) is 12.0 Å². The zero-order chi connectivity index (χ0) is 28.8. The highest BCUT2D eigenvalue weighted by molar-refractivity contribution is 5.69. The van der Waals surface area contributed by atoms with Crippen molar-refractivity contribution in [1.29, 1.82) is 0 Å². The van der Waals surface area contributed by atoms with E-state index in [1.165, 1.54) is 0 Å². The molecule has 0 atom stereocenters. The number of ether oxygens (including phenoxy) is 9. The van der Waals surface area contributed by atoms with Gasteiger partial charge >= 0.3 is 11.9 Å². The fraction of sp³-hybridized carbons (Fsp3) is 0.714. The smallest absolute Gasteiger partial charge is 0.306 e. The third-order valence-electron chi connectivity index (χ3n) is 4.98. The Balaban J connectivity index is 1.66. The van der Waals surface area contributed by atoms with Crippen LogP contribution in [0.25, 0.3) is 0 Å². The summed E-state index contributed by atoms with van der Waals surface area (Å²) in [6, 6.07) is 9.59. The second-order valence-corrected chi connectivity index (χ2v) is 8.29. The summed E-state index contributed by atoms with van der Waals surface area (Å²) in [7, 11) is 0. The van der Waals surface area contributed by atoms with Gasteiger partial charge in [0.1, 0.15) is 6.61 Å². The molecule has 0 heterocycles. The zero-order valence-corrected chi connectivity index (χ0v) is 23.5. The molecule has 0 saturated heterocycles. The molecule has 0 bridgehead atoms. The average Bonchev–Trinajstić information content (AvgIpc) is 2.96. The molecule has 0 saturated carbocycles. The summed E-state index contributed by atoms with van der Waals surface area (Å²) in [4.78, 5) is 22.0. The molecule has 230 valence electrons. The van der Waals surface area contributed by atoms with E-state index in [1.807, 2.05) is 30.3 Å². The largest absolute Gasteiger partial charge is 0.481 e. The van der Waals surface area contributed by atoms with E-state index in [4.69, 9.17) is 47.7 Å². The van der Waals surface area contributed by atoms with Crippen LogP contribution in [-0.2, 0) is 58.8 Å². The number of aliphatic carboxylic acids is 1. The summed E-state index contributed by atoms with van der Waals surface area (Å²) in [6.07, 6.45) is 0.942. The van der Waals surface area contributed by atoms with E-state index in [0.29, 0.717) is 119 Å². The van der Waals surface area contributed by atoms with Gasteiger partial charge in [0.25, 0.3) is 0 Å². The summed E-state index contributed by atoms with van der Waals surface area (Å²) >= 11 is 0. The molecule has 1 aromatic carbocycles. The molecule has 40 heavy (non-hydrogen) atoms. The Bertz CT molecular complexity index is 704. The molecule has 1 rings (SSSR count). The number of carbonyl (C=O) groups excluding carboxylic acids is 1. The van der Waals surface area contributed by atoms with Crippen LogP contribution in [-0.4, -0.2) is 123 Å². The third kappa shape index (κ3) is 26.1. The van der Waals surface area contributed by atoms with Crippen molar-refractivity contribution in [2.24, 2.45) is 0 Å². The SMILES string of the molecule is O=C(O)CCOCCOCCOCCOCCOCCOCCOCCOCCCC(=O)OCc1ccccc1. The highest BCUT2D eigenvalue weighted by Crippen LogP contribution is 2.03. The van der Waals surface area contributed by atoms with Crippen LogP contribution in [0, 0.1) is 0 Å². The van der Waals surface area contributed by atoms with E-state index in [2.05, 4.69) is 0 Å². The number of carboxylic acid groups (broad SMARTS) is 1. The normalized spacial score (nSPS) is 11.1. The molecular formula is C28H46O12. The van der Waals surface area contributed by atoms with Crippen molar-refractivity contribution in [2.45, 2.75) is 25.9 Å². The Kier molecular flexibility index (Phi) is 25.4. The predicted molar refractivity (Wildman–Crippen MR) is 144 cm³/mol. The quantitative estimate of drug-likeness (QED) is 0.106. The topological polar surface area (TPSA) is 137 Å². The molecule has 0 aliphatic carbocycles. The second-order valence-electron chi connectivity index (χ2n) is 8.29. The van der Waals surface area contributed by atoms with E-state index in [0.717, 1.165) is 5.56 Å². The summed E-state index contributed by atoms with van der Waals surface area (Å²) < 4.78 is 48.2. The van der Waals surface area contributed by atoms with Crippen molar-refractivity contribution in [2.75, 3.05) is 106 Å². The lowest BCUT2D eigenvalue weighted by atomic mass is 10.2. The van der Waals surface area contributed by atoms with Crippen LogP contribution in [0.15, 0.2) is 30.3 Å². The first kappa shape index (κ1) is 35.9. The van der Waals surface area contributed by atoms with E-state index < -0.39 is 5.97 Å². The van der Waals surface area contributed by atoms with Crippen LogP contribution >= 0.6 is 0 Å². The summed E-state index contributed by atoms with van der Waals surface area (Å²) in [6.45, 7) is 7.39. The first-order valence-corrected chi connectivity index (χ1v) is 13.7. The summed E-state index contributed by atoms with van der Waals surface area (Å²) in [5, 5.41) is 8.47. The van der Waals surface area contributed by atoms with Crippen LogP contribution in [0.5, 0.6) is 0 Å². The maximum Gasteiger partial charge on any atom is 0.306 e. The average molecular weight is 575 g/mol. The van der Waals surface area contributed by atoms with Crippen LogP contribution in [0.3, 0.4) is 0 Å². The fourth-order valence-corrected chi connectivity index (χ4v) is 2.93. The molecule has 1 N–H and O–H groups in total. The van der Waals surface area contributed by atoms with Crippen molar-refractivity contribution in [3.05, 3.63) is 35.9 Å². The Morgan fingerprint density at radius 3 is 1.27 bits per heavy atom. The maximum atomic E-state index is 11.7. The molecule has 0 radical (unpaired) electrons. The summed E-state index contributed by atoms with van der Waals surface area (Å²) in [5.41, 5.74) is 0.973. The monoisotopic (exact) mass is 574 g/mol. The predicted octanol–water partition coefficient (Wildman–Crippen LogP) is 2.12. The van der Waals surface area contributed by atoms with E-state index in [-0.39, 0.29) is 19.0 Å². The lowest BCUT2D eigenvalue weighted by molar-refractivity contribution is -0.145. The Morgan fingerprint density at radius 2 is 0.875 bits per heavy atom. The fourth-order valence-electron chi connectivity index (χ4n) is 2.93. The number of carbonyl (C=O) groups is 2. The molecule has 1 aromatic rings. The van der Waals surface area contributed by atoms with Crippen molar-refractivity contribution >= 4 is 11.9 Å². The minimum Gasteiger partial charge on any atom is -0.481 e. The van der Waals surface area contributed by atoms with Crippen LogP contribution < -0.4 is 0 Å².